The SMILES string of the molecule is CCOc1ccc([C@@H]2C(C(=O)Nc3ccccc3OC)=C(C)Nc3nc(-c4cccs4)nn32)cc1. The van der Waals surface area contributed by atoms with E-state index in [9.17, 15) is 4.79 Å². The minimum atomic E-state index is -0.488. The fourth-order valence-electron chi connectivity index (χ4n) is 4.11. The fraction of sp³-hybridized carbons (Fsp3) is 0.192. The molecular formula is C26H25N5O3S. The maximum atomic E-state index is 13.7. The van der Waals surface area contributed by atoms with Crippen LogP contribution >= 0.6 is 11.3 Å². The van der Waals surface area contributed by atoms with Gasteiger partial charge in [-0.05, 0) is 55.1 Å². The molecule has 1 aliphatic rings. The first-order valence-electron chi connectivity index (χ1n) is 11.2. The second-order valence-electron chi connectivity index (χ2n) is 7.90. The Kier molecular flexibility index (Phi) is 6.24. The van der Waals surface area contributed by atoms with Crippen LogP contribution < -0.4 is 20.1 Å². The first-order valence-corrected chi connectivity index (χ1v) is 12.1. The molecule has 0 unspecified atom stereocenters. The van der Waals surface area contributed by atoms with Crippen LogP contribution in [-0.4, -0.2) is 34.4 Å². The summed E-state index contributed by atoms with van der Waals surface area (Å²) in [5.41, 5.74) is 2.72. The number of ether oxygens (including phenoxy) is 2. The molecule has 0 spiro atoms. The topological polar surface area (TPSA) is 90.3 Å². The van der Waals surface area contributed by atoms with Crippen molar-refractivity contribution < 1.29 is 14.3 Å². The molecule has 35 heavy (non-hydrogen) atoms. The number of hydrogen-bond acceptors (Lipinski definition) is 7. The van der Waals surface area contributed by atoms with E-state index >= 15 is 0 Å². The third-order valence-electron chi connectivity index (χ3n) is 5.70. The predicted molar refractivity (Wildman–Crippen MR) is 137 cm³/mol. The summed E-state index contributed by atoms with van der Waals surface area (Å²) in [6.07, 6.45) is 0. The summed E-state index contributed by atoms with van der Waals surface area (Å²) in [5, 5.41) is 13.1. The first kappa shape index (κ1) is 22.7. The molecule has 0 bridgehead atoms. The largest absolute Gasteiger partial charge is 0.495 e. The van der Waals surface area contributed by atoms with Crippen LogP contribution in [0.5, 0.6) is 11.5 Å². The number of nitrogens with one attached hydrogen (secondary N) is 2. The van der Waals surface area contributed by atoms with Crippen molar-refractivity contribution in [3.63, 3.8) is 0 Å². The molecule has 9 heteroatoms. The van der Waals surface area contributed by atoms with E-state index in [0.717, 1.165) is 16.2 Å². The van der Waals surface area contributed by atoms with Gasteiger partial charge in [-0.25, -0.2) is 4.68 Å². The maximum absolute atomic E-state index is 13.7. The van der Waals surface area contributed by atoms with Crippen molar-refractivity contribution in [3.05, 3.63) is 82.9 Å². The average Bonchev–Trinajstić information content (AvgIpc) is 3.54. The molecule has 0 radical (unpaired) electrons. The number of allylic oxidation sites excluding steroid dienone is 1. The number of anilines is 2. The second-order valence-corrected chi connectivity index (χ2v) is 8.85. The molecule has 2 aromatic heterocycles. The molecule has 2 aromatic carbocycles. The van der Waals surface area contributed by atoms with E-state index in [4.69, 9.17) is 19.6 Å². The summed E-state index contributed by atoms with van der Waals surface area (Å²) in [7, 11) is 1.58. The summed E-state index contributed by atoms with van der Waals surface area (Å²) >= 11 is 1.57. The second kappa shape index (κ2) is 9.63. The van der Waals surface area contributed by atoms with Crippen molar-refractivity contribution >= 4 is 28.9 Å². The predicted octanol–water partition coefficient (Wildman–Crippen LogP) is 5.34. The van der Waals surface area contributed by atoms with Crippen LogP contribution in [-0.2, 0) is 4.79 Å². The number of carbonyl (C=O) groups excluding carboxylic acids is 1. The molecule has 178 valence electrons. The summed E-state index contributed by atoms with van der Waals surface area (Å²) in [5.74, 6) is 2.29. The molecule has 4 aromatic rings. The number of carbonyl (C=O) groups is 1. The van der Waals surface area contributed by atoms with E-state index in [1.165, 1.54) is 0 Å². The molecule has 0 fully saturated rings. The van der Waals surface area contributed by atoms with Gasteiger partial charge < -0.3 is 20.1 Å². The number of thiophene rings is 1. The van der Waals surface area contributed by atoms with E-state index in [1.54, 1.807) is 23.1 Å². The summed E-state index contributed by atoms with van der Waals surface area (Å²) in [6.45, 7) is 4.40. The highest BCUT2D eigenvalue weighted by Gasteiger charge is 2.35. The minimum Gasteiger partial charge on any atom is -0.495 e. The number of rotatable bonds is 7. The van der Waals surface area contributed by atoms with Gasteiger partial charge in [0.1, 0.15) is 17.5 Å². The van der Waals surface area contributed by atoms with Gasteiger partial charge in [0.25, 0.3) is 5.91 Å². The van der Waals surface area contributed by atoms with Crippen LogP contribution in [0.4, 0.5) is 11.6 Å². The molecule has 0 aliphatic carbocycles. The van der Waals surface area contributed by atoms with E-state index in [-0.39, 0.29) is 5.91 Å². The highest BCUT2D eigenvalue weighted by Crippen LogP contribution is 2.38. The van der Waals surface area contributed by atoms with Gasteiger partial charge in [0.15, 0.2) is 5.82 Å². The number of fused-ring (bicyclic) bond motifs is 1. The fourth-order valence-corrected chi connectivity index (χ4v) is 4.77. The Hall–Kier alpha value is -4.11. The van der Waals surface area contributed by atoms with Crippen molar-refractivity contribution in [1.82, 2.24) is 14.8 Å². The molecule has 1 aliphatic heterocycles. The van der Waals surface area contributed by atoms with Crippen LogP contribution in [0, 0.1) is 0 Å². The summed E-state index contributed by atoms with van der Waals surface area (Å²) < 4.78 is 12.8. The summed E-state index contributed by atoms with van der Waals surface area (Å²) in [4.78, 5) is 19.4. The Morgan fingerprint density at radius 2 is 1.94 bits per heavy atom. The van der Waals surface area contributed by atoms with Crippen LogP contribution in [0.1, 0.15) is 25.5 Å². The van der Waals surface area contributed by atoms with Gasteiger partial charge in [-0.2, -0.15) is 4.98 Å². The lowest BCUT2D eigenvalue weighted by molar-refractivity contribution is -0.113. The van der Waals surface area contributed by atoms with Crippen LogP contribution in [0.25, 0.3) is 10.7 Å². The molecule has 3 heterocycles. The van der Waals surface area contributed by atoms with E-state index in [0.29, 0.717) is 41.1 Å². The lowest BCUT2D eigenvalue weighted by atomic mass is 9.95. The lowest BCUT2D eigenvalue weighted by Gasteiger charge is -2.29. The summed E-state index contributed by atoms with van der Waals surface area (Å²) in [6, 6.07) is 18.5. The Morgan fingerprint density at radius 3 is 2.66 bits per heavy atom. The first-order chi connectivity index (χ1) is 17.1. The van der Waals surface area contributed by atoms with Crippen molar-refractivity contribution in [2.45, 2.75) is 19.9 Å². The molecule has 0 saturated heterocycles. The maximum Gasteiger partial charge on any atom is 0.255 e. The zero-order valence-corrected chi connectivity index (χ0v) is 20.4. The molecule has 2 N–H and O–H groups in total. The number of para-hydroxylation sites is 2. The number of methoxy groups -OCH3 is 1. The zero-order valence-electron chi connectivity index (χ0n) is 19.6. The number of benzene rings is 2. The molecule has 8 nitrogen and oxygen atoms in total. The van der Waals surface area contributed by atoms with Gasteiger partial charge in [0.05, 0.1) is 29.9 Å². The molecule has 1 atom stereocenters. The molecule has 0 saturated carbocycles. The van der Waals surface area contributed by atoms with Crippen LogP contribution in [0.2, 0.25) is 0 Å². The van der Waals surface area contributed by atoms with Gasteiger partial charge in [0, 0.05) is 5.70 Å². The van der Waals surface area contributed by atoms with Crippen molar-refractivity contribution in [2.75, 3.05) is 24.4 Å². The van der Waals surface area contributed by atoms with Crippen LogP contribution in [0.3, 0.4) is 0 Å². The molecular weight excluding hydrogens is 462 g/mol. The highest BCUT2D eigenvalue weighted by molar-refractivity contribution is 7.13. The van der Waals surface area contributed by atoms with Gasteiger partial charge >= 0.3 is 0 Å². The number of amides is 1. The quantitative estimate of drug-likeness (QED) is 0.366. The van der Waals surface area contributed by atoms with Gasteiger partial charge in [-0.1, -0.05) is 30.3 Å². The van der Waals surface area contributed by atoms with Crippen LogP contribution in [0.15, 0.2) is 77.3 Å². The Labute approximate surface area is 207 Å². The normalized spacial score (nSPS) is 14.8. The third kappa shape index (κ3) is 4.38. The monoisotopic (exact) mass is 487 g/mol. The highest BCUT2D eigenvalue weighted by atomic mass is 32.1. The average molecular weight is 488 g/mol. The van der Waals surface area contributed by atoms with Crippen molar-refractivity contribution in [1.29, 1.82) is 0 Å². The number of hydrogen-bond donors (Lipinski definition) is 2. The molecule has 1 amide bonds. The third-order valence-corrected chi connectivity index (χ3v) is 6.57. The lowest BCUT2D eigenvalue weighted by Crippen LogP contribution is -2.31. The van der Waals surface area contributed by atoms with Gasteiger partial charge in [-0.3, -0.25) is 4.79 Å². The Morgan fingerprint density at radius 1 is 1.14 bits per heavy atom. The van der Waals surface area contributed by atoms with Crippen molar-refractivity contribution in [3.8, 4) is 22.2 Å². The number of nitrogens with zero attached hydrogens (tertiary/aromatic N) is 3. The van der Waals surface area contributed by atoms with Gasteiger partial charge in [-0.15, -0.1) is 16.4 Å². The standard InChI is InChI=1S/C26H25N5O3S/c1-4-34-18-13-11-17(12-14-18)23-22(25(32)28-19-8-5-6-9-20(19)33-3)16(2)27-26-29-24(30-31(23)26)21-10-7-15-35-21/h5-15,23H,4H2,1-3H3,(H,28,32)(H,27,29,30)/t23-/m1/s1. The Bertz CT molecular complexity index is 1380. The van der Waals surface area contributed by atoms with E-state index < -0.39 is 6.04 Å². The van der Waals surface area contributed by atoms with Gasteiger partial charge in [0.2, 0.25) is 5.95 Å². The number of aromatic nitrogens is 3. The smallest absolute Gasteiger partial charge is 0.255 e. The van der Waals surface area contributed by atoms with E-state index in [1.807, 2.05) is 79.9 Å². The molecule has 5 rings (SSSR count). The minimum absolute atomic E-state index is 0.253. The van der Waals surface area contributed by atoms with E-state index in [2.05, 4.69) is 10.6 Å². The zero-order chi connectivity index (χ0) is 24.4. The van der Waals surface area contributed by atoms with Crippen molar-refractivity contribution in [2.24, 2.45) is 0 Å². The Balaban J connectivity index is 1.58.